The van der Waals surface area contributed by atoms with Crippen LogP contribution < -0.4 is 15.0 Å². The second-order valence-corrected chi connectivity index (χ2v) is 9.77. The van der Waals surface area contributed by atoms with Gasteiger partial charge in [-0.3, -0.25) is 14.4 Å². The van der Waals surface area contributed by atoms with Crippen LogP contribution in [0.2, 0.25) is 0 Å². The van der Waals surface area contributed by atoms with Gasteiger partial charge in [0.2, 0.25) is 0 Å². The van der Waals surface area contributed by atoms with Crippen LogP contribution in [0.3, 0.4) is 0 Å². The third-order valence-electron chi connectivity index (χ3n) is 6.55. The van der Waals surface area contributed by atoms with Crippen LogP contribution in [0.5, 0.6) is 5.75 Å². The van der Waals surface area contributed by atoms with Crippen molar-refractivity contribution in [2.45, 2.75) is 20.0 Å². The molecule has 0 aromatic heterocycles. The number of ether oxygens (including phenoxy) is 1. The molecule has 0 atom stereocenters. The first-order valence-corrected chi connectivity index (χ1v) is 13.6. The molecule has 0 fully saturated rings. The molecule has 0 radical (unpaired) electrons. The molecule has 8 heteroatoms. The van der Waals surface area contributed by atoms with Crippen LogP contribution in [0.1, 0.15) is 28.4 Å². The van der Waals surface area contributed by atoms with Gasteiger partial charge in [0.1, 0.15) is 16.5 Å². The monoisotopic (exact) mass is 565 g/mol. The molecule has 0 spiro atoms. The summed E-state index contributed by atoms with van der Waals surface area (Å²) >= 11 is 6.30. The molecule has 1 aliphatic heterocycles. The fourth-order valence-corrected chi connectivity index (χ4v) is 4.75. The van der Waals surface area contributed by atoms with Crippen LogP contribution in [0, 0.1) is 0 Å². The molecule has 1 aliphatic rings. The second-order valence-electron chi connectivity index (χ2n) is 9.40. The molecule has 5 rings (SSSR count). The van der Waals surface area contributed by atoms with E-state index in [9.17, 15) is 14.4 Å². The Kier molecular flexibility index (Phi) is 8.46. The molecule has 0 aliphatic carbocycles. The van der Waals surface area contributed by atoms with Gasteiger partial charge in [0.25, 0.3) is 17.7 Å². The third-order valence-corrected chi connectivity index (χ3v) is 6.90. The maximum absolute atomic E-state index is 13.6. The van der Waals surface area contributed by atoms with Gasteiger partial charge in [-0.05, 0) is 66.6 Å². The van der Waals surface area contributed by atoms with E-state index in [1.165, 1.54) is 0 Å². The highest BCUT2D eigenvalue weighted by atomic mass is 35.5. The van der Waals surface area contributed by atoms with Crippen LogP contribution in [0.4, 0.5) is 11.4 Å². The number of anilines is 2. The van der Waals surface area contributed by atoms with Crippen LogP contribution in [-0.4, -0.2) is 29.2 Å². The summed E-state index contributed by atoms with van der Waals surface area (Å²) in [5.41, 5.74) is 3.42. The first kappa shape index (κ1) is 27.7. The highest BCUT2D eigenvalue weighted by molar-refractivity contribution is 6.53. The molecule has 0 saturated heterocycles. The van der Waals surface area contributed by atoms with Gasteiger partial charge in [-0.2, -0.15) is 0 Å². The van der Waals surface area contributed by atoms with E-state index in [1.54, 1.807) is 53.4 Å². The molecule has 0 unspecified atom stereocenters. The minimum absolute atomic E-state index is 0.0283. The minimum Gasteiger partial charge on any atom is -0.494 e. The Balaban J connectivity index is 1.31. The predicted molar refractivity (Wildman–Crippen MR) is 160 cm³/mol. The van der Waals surface area contributed by atoms with Crippen LogP contribution in [-0.2, 0) is 22.7 Å². The van der Waals surface area contributed by atoms with Crippen molar-refractivity contribution < 1.29 is 19.1 Å². The van der Waals surface area contributed by atoms with Crippen molar-refractivity contribution in [3.05, 3.63) is 137 Å². The van der Waals surface area contributed by atoms with E-state index >= 15 is 0 Å². The summed E-state index contributed by atoms with van der Waals surface area (Å²) in [5, 5.41) is 2.76. The van der Waals surface area contributed by atoms with E-state index < -0.39 is 11.8 Å². The van der Waals surface area contributed by atoms with Crippen molar-refractivity contribution in [3.8, 4) is 5.75 Å². The lowest BCUT2D eigenvalue weighted by atomic mass is 10.1. The molecule has 4 aromatic carbocycles. The normalized spacial score (nSPS) is 13.0. The molecule has 4 aromatic rings. The van der Waals surface area contributed by atoms with Crippen LogP contribution >= 0.6 is 11.6 Å². The smallest absolute Gasteiger partial charge is 0.283 e. The Morgan fingerprint density at radius 2 is 1.34 bits per heavy atom. The number of rotatable bonds is 10. The van der Waals surface area contributed by atoms with Gasteiger partial charge in [-0.25, -0.2) is 4.90 Å². The number of benzene rings is 4. The average Bonchev–Trinajstić information content (AvgIpc) is 3.21. The predicted octanol–water partition coefficient (Wildman–Crippen LogP) is 6.36. The molecule has 206 valence electrons. The molecular weight excluding hydrogens is 538 g/mol. The minimum atomic E-state index is -0.618. The van der Waals surface area contributed by atoms with Crippen molar-refractivity contribution in [1.29, 1.82) is 0 Å². The third kappa shape index (κ3) is 6.31. The maximum Gasteiger partial charge on any atom is 0.283 e. The summed E-state index contributed by atoms with van der Waals surface area (Å²) in [7, 11) is 0. The summed E-state index contributed by atoms with van der Waals surface area (Å²) in [6, 6.07) is 33.0. The lowest BCUT2D eigenvalue weighted by Gasteiger charge is -2.23. The van der Waals surface area contributed by atoms with Gasteiger partial charge in [0.05, 0.1) is 12.3 Å². The number of hydrogen-bond donors (Lipinski definition) is 1. The number of carbonyl (C=O) groups is 3. The highest BCUT2D eigenvalue weighted by Crippen LogP contribution is 2.31. The molecule has 7 nitrogen and oxygen atoms in total. The zero-order valence-electron chi connectivity index (χ0n) is 22.4. The molecule has 3 amide bonds. The summed E-state index contributed by atoms with van der Waals surface area (Å²) in [4.78, 5) is 42.4. The number of hydrogen-bond acceptors (Lipinski definition) is 5. The standard InChI is InChI=1S/C33H28ClN3O4/c1-2-41-28-19-17-27(18-20-28)37-32(39)29(34)30(33(37)40)35-26-15-13-25(14-16-26)31(38)36(21-23-9-5-3-6-10-23)22-24-11-7-4-8-12-24/h3-20,35H,2,21-22H2,1H3. The van der Waals surface area contributed by atoms with Gasteiger partial charge >= 0.3 is 0 Å². The van der Waals surface area contributed by atoms with E-state index in [4.69, 9.17) is 16.3 Å². The van der Waals surface area contributed by atoms with E-state index in [2.05, 4.69) is 5.32 Å². The van der Waals surface area contributed by atoms with Crippen molar-refractivity contribution in [3.63, 3.8) is 0 Å². The van der Waals surface area contributed by atoms with E-state index in [-0.39, 0.29) is 16.6 Å². The Morgan fingerprint density at radius 1 is 0.780 bits per heavy atom. The van der Waals surface area contributed by atoms with E-state index in [0.717, 1.165) is 16.0 Å². The SMILES string of the molecule is CCOc1ccc(N2C(=O)C(Cl)=C(Nc3ccc(C(=O)N(Cc4ccccc4)Cc4ccccc4)cc3)C2=O)cc1. The maximum atomic E-state index is 13.6. The van der Waals surface area contributed by atoms with Crippen molar-refractivity contribution in [2.75, 3.05) is 16.8 Å². The van der Waals surface area contributed by atoms with E-state index in [0.29, 0.717) is 42.4 Å². The zero-order chi connectivity index (χ0) is 28.8. The van der Waals surface area contributed by atoms with Gasteiger partial charge in [-0.1, -0.05) is 72.3 Å². The Morgan fingerprint density at radius 3 is 1.88 bits per heavy atom. The summed E-state index contributed by atoms with van der Waals surface area (Å²) in [6.45, 7) is 3.28. The van der Waals surface area contributed by atoms with Crippen molar-refractivity contribution in [2.24, 2.45) is 0 Å². The van der Waals surface area contributed by atoms with Gasteiger partial charge in [0, 0.05) is 24.3 Å². The number of nitrogens with one attached hydrogen (secondary N) is 1. The second kappa shape index (κ2) is 12.5. The summed E-state index contributed by atoms with van der Waals surface area (Å²) < 4.78 is 5.43. The lowest BCUT2D eigenvalue weighted by molar-refractivity contribution is -0.120. The molecule has 1 N–H and O–H groups in total. The summed E-state index contributed by atoms with van der Waals surface area (Å²) in [5.74, 6) is -0.683. The lowest BCUT2D eigenvalue weighted by Crippen LogP contribution is -2.32. The Hall–Kier alpha value is -4.88. The highest BCUT2D eigenvalue weighted by Gasteiger charge is 2.39. The molecule has 41 heavy (non-hydrogen) atoms. The topological polar surface area (TPSA) is 79.0 Å². The van der Waals surface area contributed by atoms with Gasteiger partial charge < -0.3 is 15.0 Å². The van der Waals surface area contributed by atoms with Crippen molar-refractivity contribution >= 4 is 40.7 Å². The van der Waals surface area contributed by atoms with Crippen LogP contribution in [0.15, 0.2) is 120 Å². The largest absolute Gasteiger partial charge is 0.494 e. The molecule has 1 heterocycles. The molecule has 0 bridgehead atoms. The van der Waals surface area contributed by atoms with Gasteiger partial charge in [0.15, 0.2) is 0 Å². The Labute approximate surface area is 243 Å². The number of nitrogens with zero attached hydrogens (tertiary/aromatic N) is 2. The quantitative estimate of drug-likeness (QED) is 0.226. The number of amides is 3. The first-order valence-electron chi connectivity index (χ1n) is 13.2. The number of carbonyl (C=O) groups excluding carboxylic acids is 3. The zero-order valence-corrected chi connectivity index (χ0v) is 23.2. The van der Waals surface area contributed by atoms with Crippen molar-refractivity contribution in [1.82, 2.24) is 4.90 Å². The van der Waals surface area contributed by atoms with Crippen LogP contribution in [0.25, 0.3) is 0 Å². The number of imide groups is 1. The first-order chi connectivity index (χ1) is 19.9. The summed E-state index contributed by atoms with van der Waals surface area (Å²) in [6.07, 6.45) is 0. The van der Waals surface area contributed by atoms with E-state index in [1.807, 2.05) is 67.6 Å². The number of halogens is 1. The fourth-order valence-electron chi connectivity index (χ4n) is 4.53. The fraction of sp³-hybridized carbons (Fsp3) is 0.121. The average molecular weight is 566 g/mol. The van der Waals surface area contributed by atoms with Gasteiger partial charge in [-0.15, -0.1) is 0 Å². The molecule has 0 saturated carbocycles. The molecular formula is C33H28ClN3O4. The Bertz CT molecular complexity index is 1530.